The predicted molar refractivity (Wildman–Crippen MR) is 112 cm³/mol. The van der Waals surface area contributed by atoms with Crippen LogP contribution in [0.3, 0.4) is 0 Å². The molecule has 0 heterocycles. The van der Waals surface area contributed by atoms with Crippen molar-refractivity contribution in [2.24, 2.45) is 28.6 Å². The van der Waals surface area contributed by atoms with Gasteiger partial charge in [-0.25, -0.2) is 0 Å². The van der Waals surface area contributed by atoms with Crippen LogP contribution in [0.2, 0.25) is 0 Å². The minimum Gasteiger partial charge on any atom is -0.462 e. The zero-order valence-electron chi connectivity index (χ0n) is 18.8. The molecule has 5 nitrogen and oxygen atoms in total. The molecule has 3 saturated carbocycles. The first-order chi connectivity index (χ1) is 14.1. The van der Waals surface area contributed by atoms with Crippen LogP contribution < -0.4 is 0 Å². The Bertz CT molecular complexity index is 838. The lowest BCUT2D eigenvalue weighted by molar-refractivity contribution is -0.163. The van der Waals surface area contributed by atoms with Gasteiger partial charge in [0.05, 0.1) is 0 Å². The van der Waals surface area contributed by atoms with E-state index in [1.165, 1.54) is 19.4 Å². The topological polar surface area (TPSA) is 69.7 Å². The molecule has 0 aliphatic heterocycles. The number of ketones is 1. The molecule has 0 N–H and O–H groups in total. The van der Waals surface area contributed by atoms with E-state index in [0.29, 0.717) is 18.3 Å². The minimum absolute atomic E-state index is 0.103. The molecule has 0 saturated heterocycles. The summed E-state index contributed by atoms with van der Waals surface area (Å²) in [6.45, 7) is 9.51. The van der Waals surface area contributed by atoms with Crippen LogP contribution in [0.5, 0.6) is 0 Å². The molecule has 7 atom stereocenters. The third kappa shape index (κ3) is 2.99. The third-order valence-corrected chi connectivity index (χ3v) is 8.98. The van der Waals surface area contributed by atoms with Crippen LogP contribution in [-0.4, -0.2) is 29.9 Å². The smallest absolute Gasteiger partial charge is 0.302 e. The summed E-state index contributed by atoms with van der Waals surface area (Å²) in [5, 5.41) is 0. The van der Waals surface area contributed by atoms with Gasteiger partial charge in [-0.1, -0.05) is 25.0 Å². The Balaban J connectivity index is 1.76. The first-order valence-corrected chi connectivity index (χ1v) is 11.4. The minimum atomic E-state index is -0.266. The summed E-state index contributed by atoms with van der Waals surface area (Å²) >= 11 is 0. The summed E-state index contributed by atoms with van der Waals surface area (Å²) < 4.78 is 11.7. The molecule has 0 radical (unpaired) electrons. The first-order valence-electron chi connectivity index (χ1n) is 11.4. The van der Waals surface area contributed by atoms with Gasteiger partial charge < -0.3 is 9.47 Å². The number of hydrogen-bond donors (Lipinski definition) is 0. The Morgan fingerprint density at radius 3 is 2.47 bits per heavy atom. The highest BCUT2D eigenvalue weighted by atomic mass is 16.6. The zero-order valence-corrected chi connectivity index (χ0v) is 18.8. The van der Waals surface area contributed by atoms with Crippen molar-refractivity contribution < 1.29 is 23.9 Å². The van der Waals surface area contributed by atoms with Crippen LogP contribution >= 0.6 is 0 Å². The normalized spacial score (nSPS) is 42.3. The van der Waals surface area contributed by atoms with Crippen molar-refractivity contribution in [3.63, 3.8) is 0 Å². The van der Waals surface area contributed by atoms with E-state index in [4.69, 9.17) is 9.47 Å². The zero-order chi connectivity index (χ0) is 21.8. The van der Waals surface area contributed by atoms with Gasteiger partial charge in [0.25, 0.3) is 0 Å². The number of carbonyl (C=O) groups is 3. The van der Waals surface area contributed by atoms with Gasteiger partial charge in [0.2, 0.25) is 0 Å². The molecule has 164 valence electrons. The van der Waals surface area contributed by atoms with Gasteiger partial charge in [-0.2, -0.15) is 0 Å². The molecular formula is C25H34O5. The fourth-order valence-electron chi connectivity index (χ4n) is 7.70. The number of ether oxygens (including phenoxy) is 2. The molecule has 0 aromatic heterocycles. The monoisotopic (exact) mass is 414 g/mol. The van der Waals surface area contributed by atoms with Crippen molar-refractivity contribution in [3.8, 4) is 0 Å². The largest absolute Gasteiger partial charge is 0.462 e. The Morgan fingerprint density at radius 2 is 1.83 bits per heavy atom. The van der Waals surface area contributed by atoms with Gasteiger partial charge in [-0.05, 0) is 63.0 Å². The van der Waals surface area contributed by atoms with Crippen LogP contribution in [0.15, 0.2) is 23.3 Å². The lowest BCUT2D eigenvalue weighted by atomic mass is 9.46. The van der Waals surface area contributed by atoms with Crippen LogP contribution in [0.1, 0.15) is 73.1 Å². The number of fused-ring (bicyclic) bond motifs is 5. The van der Waals surface area contributed by atoms with Gasteiger partial charge in [0.1, 0.15) is 12.2 Å². The molecular weight excluding hydrogens is 380 g/mol. The van der Waals surface area contributed by atoms with Gasteiger partial charge >= 0.3 is 11.9 Å². The molecule has 0 aromatic rings. The van der Waals surface area contributed by atoms with Crippen LogP contribution in [0, 0.1) is 28.6 Å². The SMILES string of the molecule is CC[C@]12CC[C@H]3[C@@H](CCC4=CC(=O)C=C(C)[C@@]43C)[C@@H]1[C@@H](OC(C)=O)C[C@@H]2OC(C)=O. The summed E-state index contributed by atoms with van der Waals surface area (Å²) in [6.07, 6.45) is 8.60. The van der Waals surface area contributed by atoms with Crippen LogP contribution in [-0.2, 0) is 23.9 Å². The third-order valence-electron chi connectivity index (χ3n) is 8.98. The Morgan fingerprint density at radius 1 is 1.13 bits per heavy atom. The molecule has 0 bridgehead atoms. The van der Waals surface area contributed by atoms with Crippen LogP contribution in [0.4, 0.5) is 0 Å². The summed E-state index contributed by atoms with van der Waals surface area (Å²) in [5.41, 5.74) is 2.16. The first kappa shape index (κ1) is 21.3. The maximum Gasteiger partial charge on any atom is 0.302 e. The Kier molecular flexibility index (Phi) is 5.22. The van der Waals surface area contributed by atoms with E-state index in [1.54, 1.807) is 6.08 Å². The maximum atomic E-state index is 12.2. The second-order valence-electron chi connectivity index (χ2n) is 10.0. The Labute approximate surface area is 179 Å². The molecule has 30 heavy (non-hydrogen) atoms. The number of carbonyl (C=O) groups excluding carboxylic acids is 3. The molecule has 0 spiro atoms. The van der Waals surface area contributed by atoms with Crippen molar-refractivity contribution in [3.05, 3.63) is 23.3 Å². The highest BCUT2D eigenvalue weighted by Crippen LogP contribution is 2.67. The number of esters is 2. The van der Waals surface area contributed by atoms with Crippen molar-refractivity contribution >= 4 is 17.7 Å². The average Bonchev–Trinajstić information content (AvgIpc) is 2.95. The van der Waals surface area contributed by atoms with Gasteiger partial charge in [0, 0.05) is 37.0 Å². The van der Waals surface area contributed by atoms with E-state index < -0.39 is 0 Å². The van der Waals surface area contributed by atoms with E-state index in [9.17, 15) is 14.4 Å². The number of hydrogen-bond acceptors (Lipinski definition) is 5. The van der Waals surface area contributed by atoms with Gasteiger partial charge in [-0.15, -0.1) is 0 Å². The molecule has 4 aliphatic carbocycles. The quantitative estimate of drug-likeness (QED) is 0.634. The standard InChI is InChI=1S/C25H34O5/c1-6-25-10-9-20-19(8-7-17-12-18(28)11-14(2)24(17,20)5)23(25)21(29-15(3)26)13-22(25)30-16(4)27/h11-12,19-23H,6-10,13H2,1-5H3/t19-,20+,21+,22+,23-,24+,25-/m1/s1. The van der Waals surface area contributed by atoms with Gasteiger partial charge in [-0.3, -0.25) is 14.4 Å². The summed E-state index contributed by atoms with van der Waals surface area (Å²) in [5.74, 6) is 0.534. The molecule has 4 rings (SSSR count). The number of allylic oxidation sites excluding steroid dienone is 4. The predicted octanol–water partition coefficient (Wildman–Crippen LogP) is 4.55. The van der Waals surface area contributed by atoms with E-state index in [-0.39, 0.29) is 46.7 Å². The van der Waals surface area contributed by atoms with E-state index in [0.717, 1.165) is 37.7 Å². The molecule has 0 unspecified atom stereocenters. The average molecular weight is 415 g/mol. The summed E-state index contributed by atoms with van der Waals surface area (Å²) in [7, 11) is 0. The highest BCUT2D eigenvalue weighted by molar-refractivity contribution is 6.02. The second-order valence-corrected chi connectivity index (χ2v) is 10.0. The van der Waals surface area contributed by atoms with Crippen molar-refractivity contribution in [2.75, 3.05) is 0 Å². The fourth-order valence-corrected chi connectivity index (χ4v) is 7.70. The maximum absolute atomic E-state index is 12.2. The van der Waals surface area contributed by atoms with E-state index in [2.05, 4.69) is 20.8 Å². The van der Waals surface area contributed by atoms with E-state index >= 15 is 0 Å². The summed E-state index contributed by atoms with van der Waals surface area (Å²) in [4.78, 5) is 36.0. The number of rotatable bonds is 3. The Hall–Kier alpha value is -1.91. The molecule has 5 heteroatoms. The highest BCUT2D eigenvalue weighted by Gasteiger charge is 2.65. The second kappa shape index (κ2) is 7.35. The van der Waals surface area contributed by atoms with E-state index in [1.807, 2.05) is 6.08 Å². The molecule has 0 amide bonds. The van der Waals surface area contributed by atoms with Gasteiger partial charge in [0.15, 0.2) is 5.78 Å². The van der Waals surface area contributed by atoms with Crippen molar-refractivity contribution in [1.82, 2.24) is 0 Å². The van der Waals surface area contributed by atoms with Crippen LogP contribution in [0.25, 0.3) is 0 Å². The van der Waals surface area contributed by atoms with Crippen molar-refractivity contribution in [1.29, 1.82) is 0 Å². The lowest BCUT2D eigenvalue weighted by Gasteiger charge is -2.58. The molecule has 4 aliphatic rings. The molecule has 3 fully saturated rings. The van der Waals surface area contributed by atoms with Crippen molar-refractivity contribution in [2.45, 2.75) is 85.4 Å². The lowest BCUT2D eigenvalue weighted by Crippen LogP contribution is -2.54. The molecule has 0 aromatic carbocycles. The summed E-state index contributed by atoms with van der Waals surface area (Å²) in [6, 6.07) is 0. The fraction of sp³-hybridized carbons (Fsp3) is 0.720.